The van der Waals surface area contributed by atoms with Gasteiger partial charge in [0.15, 0.2) is 17.5 Å². The molecule has 3 aromatic heterocycles. The van der Waals surface area contributed by atoms with Crippen LogP contribution in [-0.2, 0) is 0 Å². The molecule has 54 heavy (non-hydrogen) atoms. The van der Waals surface area contributed by atoms with Gasteiger partial charge in [0.25, 0.3) is 0 Å². The molecule has 0 saturated carbocycles. The van der Waals surface area contributed by atoms with Gasteiger partial charge in [-0.15, -0.1) is 0 Å². The molecule has 0 unspecified atom stereocenters. The van der Waals surface area contributed by atoms with E-state index >= 15 is 0 Å². The van der Waals surface area contributed by atoms with Crippen LogP contribution in [0, 0.1) is 0 Å². The molecule has 0 atom stereocenters. The highest BCUT2D eigenvalue weighted by atomic mass is 16.3. The Morgan fingerprint density at radius 3 is 1.69 bits per heavy atom. The largest absolute Gasteiger partial charge is 0.455 e. The van der Waals surface area contributed by atoms with Gasteiger partial charge in [0.2, 0.25) is 0 Å². The van der Waals surface area contributed by atoms with Gasteiger partial charge in [-0.25, -0.2) is 15.0 Å². The van der Waals surface area contributed by atoms with Crippen LogP contribution >= 0.6 is 0 Å². The number of benzene rings is 8. The van der Waals surface area contributed by atoms with Gasteiger partial charge in [0, 0.05) is 49.5 Å². The Bertz CT molecular complexity index is 3140. The second-order valence-electron chi connectivity index (χ2n) is 13.6. The number of furan rings is 1. The van der Waals surface area contributed by atoms with Gasteiger partial charge in [-0.1, -0.05) is 133 Å². The maximum atomic E-state index is 6.94. The number of nitrogens with zero attached hydrogens (tertiary/aromatic N) is 4. The summed E-state index contributed by atoms with van der Waals surface area (Å²) >= 11 is 0. The molecule has 252 valence electrons. The summed E-state index contributed by atoms with van der Waals surface area (Å²) in [7, 11) is 0. The molecule has 0 N–H and O–H groups in total. The van der Waals surface area contributed by atoms with Crippen molar-refractivity contribution < 1.29 is 4.42 Å². The average Bonchev–Trinajstić information content (AvgIpc) is 3.80. The van der Waals surface area contributed by atoms with E-state index in [2.05, 4.69) is 126 Å². The summed E-state index contributed by atoms with van der Waals surface area (Å²) in [5.74, 6) is 1.85. The van der Waals surface area contributed by atoms with Crippen molar-refractivity contribution >= 4 is 54.5 Å². The van der Waals surface area contributed by atoms with Crippen LogP contribution < -0.4 is 0 Å². The lowest BCUT2D eigenvalue weighted by atomic mass is 9.95. The molecule has 0 fully saturated rings. The van der Waals surface area contributed by atoms with Crippen molar-refractivity contribution in [2.75, 3.05) is 0 Å². The molecule has 0 aliphatic carbocycles. The van der Waals surface area contributed by atoms with Crippen LogP contribution in [-0.4, -0.2) is 19.5 Å². The number of hydrogen-bond donors (Lipinski definition) is 0. The lowest BCUT2D eigenvalue weighted by molar-refractivity contribution is 0.670. The van der Waals surface area contributed by atoms with E-state index in [9.17, 15) is 0 Å². The number of aromatic nitrogens is 4. The first kappa shape index (κ1) is 30.3. The van der Waals surface area contributed by atoms with E-state index < -0.39 is 0 Å². The van der Waals surface area contributed by atoms with Crippen LogP contribution in [0.1, 0.15) is 0 Å². The number of hydrogen-bond acceptors (Lipinski definition) is 4. The Kier molecular flexibility index (Phi) is 6.79. The molecule has 0 radical (unpaired) electrons. The van der Waals surface area contributed by atoms with E-state index in [-0.39, 0.29) is 0 Å². The van der Waals surface area contributed by atoms with Crippen molar-refractivity contribution in [2.45, 2.75) is 0 Å². The fourth-order valence-electron chi connectivity index (χ4n) is 7.91. The van der Waals surface area contributed by atoms with Crippen LogP contribution in [0.4, 0.5) is 0 Å². The minimum Gasteiger partial charge on any atom is -0.455 e. The molecule has 0 saturated heterocycles. The number of rotatable bonds is 5. The third-order valence-corrected chi connectivity index (χ3v) is 10.4. The summed E-state index contributed by atoms with van der Waals surface area (Å²) in [6.07, 6.45) is 0. The van der Waals surface area contributed by atoms with E-state index in [1.165, 1.54) is 21.8 Å². The van der Waals surface area contributed by atoms with Crippen molar-refractivity contribution in [3.8, 4) is 51.0 Å². The molecule has 0 aliphatic rings. The smallest absolute Gasteiger partial charge is 0.164 e. The lowest BCUT2D eigenvalue weighted by Gasteiger charge is -2.09. The minimum absolute atomic E-state index is 0.593. The Morgan fingerprint density at radius 1 is 0.389 bits per heavy atom. The van der Waals surface area contributed by atoms with Crippen LogP contribution in [0.25, 0.3) is 105 Å². The molecule has 5 heteroatoms. The molecular weight excluding hydrogens is 661 g/mol. The molecule has 3 heterocycles. The first-order valence-corrected chi connectivity index (χ1v) is 18.1. The lowest BCUT2D eigenvalue weighted by Crippen LogP contribution is -2.00. The fourth-order valence-corrected chi connectivity index (χ4v) is 7.91. The van der Waals surface area contributed by atoms with Gasteiger partial charge >= 0.3 is 0 Å². The van der Waals surface area contributed by atoms with Crippen molar-refractivity contribution in [1.82, 2.24) is 19.5 Å². The SMILES string of the molecule is c1ccc(-c2nc(-c3ccccc3)nc(-c3ccc4c(c3)oc3c(-c5ccc6c(c5)c5ccccc5n6-c5ccccc5)cc5ccccc5c34)n2)cc1. The van der Waals surface area contributed by atoms with Gasteiger partial charge in [-0.2, -0.15) is 0 Å². The van der Waals surface area contributed by atoms with Crippen LogP contribution in [0.5, 0.6) is 0 Å². The number of para-hydroxylation sites is 2. The Labute approximate surface area is 310 Å². The monoisotopic (exact) mass is 690 g/mol. The standard InChI is InChI=1S/C49H30N4O/c1-4-14-31(15-5-1)47-50-48(32-16-6-2-7-17-32)52-49(51-47)35-24-26-39-44(30-35)54-46-40(28-33-18-10-11-21-37(33)45(39)46)34-25-27-43-41(29-34)38-22-12-13-23-42(38)53(43)36-19-8-3-9-20-36/h1-30H. The summed E-state index contributed by atoms with van der Waals surface area (Å²) in [4.78, 5) is 14.9. The van der Waals surface area contributed by atoms with E-state index in [0.29, 0.717) is 17.5 Å². The Morgan fingerprint density at radius 2 is 0.963 bits per heavy atom. The highest BCUT2D eigenvalue weighted by Crippen LogP contribution is 2.43. The second-order valence-corrected chi connectivity index (χ2v) is 13.6. The summed E-state index contributed by atoms with van der Waals surface area (Å²) < 4.78 is 9.28. The van der Waals surface area contributed by atoms with Crippen LogP contribution in [0.2, 0.25) is 0 Å². The normalized spacial score (nSPS) is 11.7. The average molecular weight is 691 g/mol. The van der Waals surface area contributed by atoms with Gasteiger partial charge in [0.1, 0.15) is 11.2 Å². The molecule has 0 amide bonds. The Hall–Kier alpha value is -7.37. The predicted octanol–water partition coefficient (Wildman–Crippen LogP) is 12.7. The van der Waals surface area contributed by atoms with Crippen molar-refractivity contribution in [2.24, 2.45) is 0 Å². The third-order valence-electron chi connectivity index (χ3n) is 10.4. The summed E-state index contributed by atoms with van der Waals surface area (Å²) in [6, 6.07) is 63.3. The summed E-state index contributed by atoms with van der Waals surface area (Å²) in [6.45, 7) is 0. The third kappa shape index (κ3) is 4.83. The molecule has 8 aromatic carbocycles. The molecule has 0 aliphatic heterocycles. The van der Waals surface area contributed by atoms with Crippen molar-refractivity contribution in [3.63, 3.8) is 0 Å². The van der Waals surface area contributed by atoms with E-state index in [4.69, 9.17) is 19.4 Å². The van der Waals surface area contributed by atoms with Gasteiger partial charge < -0.3 is 8.98 Å². The first-order valence-electron chi connectivity index (χ1n) is 18.1. The zero-order valence-corrected chi connectivity index (χ0v) is 29.0. The fraction of sp³-hybridized carbons (Fsp3) is 0. The van der Waals surface area contributed by atoms with E-state index in [1.807, 2.05) is 60.7 Å². The quantitative estimate of drug-likeness (QED) is 0.180. The van der Waals surface area contributed by atoms with Gasteiger partial charge in [-0.3, -0.25) is 0 Å². The van der Waals surface area contributed by atoms with Crippen molar-refractivity contribution in [1.29, 1.82) is 0 Å². The molecule has 11 rings (SSSR count). The topological polar surface area (TPSA) is 56.7 Å². The van der Waals surface area contributed by atoms with E-state index in [0.717, 1.165) is 66.2 Å². The minimum atomic E-state index is 0.593. The molecule has 0 spiro atoms. The highest BCUT2D eigenvalue weighted by molar-refractivity contribution is 6.23. The number of fused-ring (bicyclic) bond motifs is 8. The van der Waals surface area contributed by atoms with Crippen LogP contribution in [0.15, 0.2) is 186 Å². The van der Waals surface area contributed by atoms with Gasteiger partial charge in [-0.05, 0) is 64.9 Å². The van der Waals surface area contributed by atoms with Crippen LogP contribution in [0.3, 0.4) is 0 Å². The Balaban J connectivity index is 1.12. The second kappa shape index (κ2) is 12.1. The predicted molar refractivity (Wildman–Crippen MR) is 221 cm³/mol. The summed E-state index contributed by atoms with van der Waals surface area (Å²) in [5, 5.41) is 6.88. The maximum Gasteiger partial charge on any atom is 0.164 e. The molecular formula is C49H30N4O. The molecule has 5 nitrogen and oxygen atoms in total. The van der Waals surface area contributed by atoms with Gasteiger partial charge in [0.05, 0.1) is 11.0 Å². The highest BCUT2D eigenvalue weighted by Gasteiger charge is 2.20. The first-order chi connectivity index (χ1) is 26.8. The summed E-state index contributed by atoms with van der Waals surface area (Å²) in [5.41, 5.74) is 10.0. The zero-order valence-electron chi connectivity index (χ0n) is 29.0. The zero-order chi connectivity index (χ0) is 35.6. The maximum absolute atomic E-state index is 6.94. The molecule has 11 aromatic rings. The van der Waals surface area contributed by atoms with Crippen molar-refractivity contribution in [3.05, 3.63) is 182 Å². The molecule has 0 bridgehead atoms. The van der Waals surface area contributed by atoms with E-state index in [1.54, 1.807) is 0 Å².